The first kappa shape index (κ1) is 25.1. The molecule has 1 atom stereocenters. The van der Waals surface area contributed by atoms with Crippen LogP contribution in [0.2, 0.25) is 0 Å². The summed E-state index contributed by atoms with van der Waals surface area (Å²) in [6, 6.07) is 7.62. The number of nitrogens with zero attached hydrogens (tertiary/aromatic N) is 4. The number of hydrogen-bond donors (Lipinski definition) is 4. The smallest absolute Gasteiger partial charge is 0.256 e. The monoisotopic (exact) mass is 519 g/mol. The van der Waals surface area contributed by atoms with E-state index < -0.39 is 17.8 Å². The summed E-state index contributed by atoms with van der Waals surface area (Å²) in [7, 11) is 0. The number of aliphatic hydroxyl groups excluding tert-OH is 1. The number of carbonyl (C=O) groups is 2. The van der Waals surface area contributed by atoms with Crippen LogP contribution >= 0.6 is 0 Å². The van der Waals surface area contributed by atoms with Crippen LogP contribution < -0.4 is 15.5 Å². The van der Waals surface area contributed by atoms with E-state index in [0.717, 1.165) is 4.85 Å². The van der Waals surface area contributed by atoms with Crippen LogP contribution in [0, 0.1) is 19.7 Å². The molecule has 1 aromatic carbocycles. The Balaban J connectivity index is 1.31. The fourth-order valence-corrected chi connectivity index (χ4v) is 4.66. The van der Waals surface area contributed by atoms with Crippen molar-refractivity contribution in [1.29, 1.82) is 0 Å². The Labute approximate surface area is 216 Å². The van der Waals surface area contributed by atoms with Crippen molar-refractivity contribution in [3.8, 4) is 0 Å². The molecule has 1 aliphatic heterocycles. The Morgan fingerprint density at radius 2 is 2.11 bits per heavy atom. The topological polar surface area (TPSA) is 147 Å². The summed E-state index contributed by atoms with van der Waals surface area (Å²) >= 11 is 0. The zero-order chi connectivity index (χ0) is 27.0. The molecular formula is C26H26FN7O4. The van der Waals surface area contributed by atoms with Gasteiger partial charge in [-0.15, -0.1) is 5.10 Å². The highest BCUT2D eigenvalue weighted by molar-refractivity contribution is 6.36. The number of rotatable bonds is 8. The number of amides is 2. The van der Waals surface area contributed by atoms with E-state index in [1.54, 1.807) is 32.2 Å². The van der Waals surface area contributed by atoms with Crippen molar-refractivity contribution in [1.82, 2.24) is 30.4 Å². The molecule has 4 heterocycles. The van der Waals surface area contributed by atoms with Crippen LogP contribution in [0.4, 0.5) is 10.1 Å². The third kappa shape index (κ3) is 4.50. The van der Waals surface area contributed by atoms with Gasteiger partial charge in [0.2, 0.25) is 5.65 Å². The number of halogens is 1. The Hall–Kier alpha value is -4.58. The second-order valence-corrected chi connectivity index (χ2v) is 8.94. The van der Waals surface area contributed by atoms with Gasteiger partial charge in [0.25, 0.3) is 11.8 Å². The number of aromatic amines is 1. The van der Waals surface area contributed by atoms with Gasteiger partial charge in [0.1, 0.15) is 24.0 Å². The summed E-state index contributed by atoms with van der Waals surface area (Å²) in [5.74, 6) is -1.15. The predicted molar refractivity (Wildman–Crippen MR) is 138 cm³/mol. The number of allylic oxidation sites excluding steroid dienone is 1. The average molecular weight is 520 g/mol. The molecule has 0 fully saturated rings. The largest absolute Gasteiger partial charge is 0.391 e. The molecule has 1 unspecified atom stereocenters. The first-order valence-electron chi connectivity index (χ1n) is 12.1. The van der Waals surface area contributed by atoms with Crippen LogP contribution in [0.5, 0.6) is 0 Å². The van der Waals surface area contributed by atoms with Crippen molar-refractivity contribution >= 4 is 39.8 Å². The minimum Gasteiger partial charge on any atom is -0.391 e. The summed E-state index contributed by atoms with van der Waals surface area (Å²) in [6.07, 6.45) is 1.03. The number of aromatic nitrogens is 5. The maximum atomic E-state index is 14.0. The van der Waals surface area contributed by atoms with Gasteiger partial charge in [-0.1, -0.05) is 11.8 Å². The maximum absolute atomic E-state index is 14.0. The first-order chi connectivity index (χ1) is 18.3. The quantitative estimate of drug-likeness (QED) is 0.261. The summed E-state index contributed by atoms with van der Waals surface area (Å²) in [4.78, 5) is 39.8. The first-order valence-corrected chi connectivity index (χ1v) is 12.1. The number of nitrogens with one attached hydrogen (secondary N) is 3. The number of benzene rings is 1. The Morgan fingerprint density at radius 3 is 2.89 bits per heavy atom. The third-order valence-electron chi connectivity index (χ3n) is 6.42. The maximum Gasteiger partial charge on any atom is 0.256 e. The standard InChI is InChI=1S/C26H26FN7O4/c1-4-17(22-18-10-15(27)7-8-19(18)31-26(22)37)23-13(2)21(14(3)30-23)25(36)29-11-16(35)12-38-34-24-20(32-33-34)6-5-9-28-24/h5-10,16,30,35H,4,11-12H2,1-3H3,(H,29,36)(H,31,37)/b22-17-. The molecule has 4 aromatic rings. The van der Waals surface area contributed by atoms with Crippen molar-refractivity contribution in [2.24, 2.45) is 0 Å². The van der Waals surface area contributed by atoms with Crippen molar-refractivity contribution in [2.75, 3.05) is 18.5 Å². The fourth-order valence-electron chi connectivity index (χ4n) is 4.66. The fraction of sp³-hybridized carbons (Fsp3) is 0.269. The predicted octanol–water partition coefficient (Wildman–Crippen LogP) is 2.40. The van der Waals surface area contributed by atoms with Crippen molar-refractivity contribution in [3.63, 3.8) is 0 Å². The van der Waals surface area contributed by atoms with Gasteiger partial charge < -0.3 is 25.6 Å². The van der Waals surface area contributed by atoms with Crippen LogP contribution in [0.15, 0.2) is 36.5 Å². The van der Waals surface area contributed by atoms with Gasteiger partial charge in [-0.2, -0.15) is 0 Å². The SMILES string of the molecule is CC/C(=C1/C(=O)Nc2ccc(F)cc21)c1[nH]c(C)c(C(=O)NCC(O)COn2nnc3cccnc32)c1C. The van der Waals surface area contributed by atoms with Gasteiger partial charge in [-0.3, -0.25) is 9.59 Å². The van der Waals surface area contributed by atoms with Crippen LogP contribution in [0.3, 0.4) is 0 Å². The number of H-pyrrole nitrogens is 1. The van der Waals surface area contributed by atoms with Gasteiger partial charge in [-0.25, -0.2) is 9.37 Å². The van der Waals surface area contributed by atoms with E-state index in [0.29, 0.717) is 62.5 Å². The molecule has 5 rings (SSSR count). The second kappa shape index (κ2) is 10.1. The molecule has 4 N–H and O–H groups in total. The van der Waals surface area contributed by atoms with Crippen molar-refractivity contribution in [2.45, 2.75) is 33.3 Å². The molecular weight excluding hydrogens is 493 g/mol. The van der Waals surface area contributed by atoms with E-state index in [1.165, 1.54) is 18.2 Å². The number of fused-ring (bicyclic) bond motifs is 2. The highest BCUT2D eigenvalue weighted by Gasteiger charge is 2.30. The van der Waals surface area contributed by atoms with Gasteiger partial charge in [0.15, 0.2) is 0 Å². The van der Waals surface area contributed by atoms with Gasteiger partial charge in [0.05, 0.1) is 11.1 Å². The normalized spacial score (nSPS) is 14.8. The number of hydrogen-bond acceptors (Lipinski definition) is 7. The average Bonchev–Trinajstić information content (AvgIpc) is 3.55. The number of aryl methyl sites for hydroxylation is 1. The van der Waals surface area contributed by atoms with Crippen LogP contribution in [0.1, 0.15) is 46.2 Å². The van der Waals surface area contributed by atoms with Crippen LogP contribution in [-0.2, 0) is 4.79 Å². The molecule has 1 aliphatic rings. The zero-order valence-electron chi connectivity index (χ0n) is 21.0. The summed E-state index contributed by atoms with van der Waals surface area (Å²) in [5, 5.41) is 23.6. The van der Waals surface area contributed by atoms with Crippen LogP contribution in [0.25, 0.3) is 22.3 Å². The lowest BCUT2D eigenvalue weighted by atomic mass is 9.94. The number of aliphatic hydroxyl groups is 1. The minimum atomic E-state index is -1.03. The highest BCUT2D eigenvalue weighted by Crippen LogP contribution is 2.39. The van der Waals surface area contributed by atoms with E-state index in [4.69, 9.17) is 4.84 Å². The van der Waals surface area contributed by atoms with Crippen molar-refractivity contribution < 1.29 is 23.9 Å². The van der Waals surface area contributed by atoms with E-state index in [1.807, 2.05) is 6.92 Å². The molecule has 0 bridgehead atoms. The number of pyridine rings is 1. The molecule has 0 saturated heterocycles. The van der Waals surface area contributed by atoms with Crippen molar-refractivity contribution in [3.05, 3.63) is 70.4 Å². The zero-order valence-corrected chi connectivity index (χ0v) is 21.0. The molecule has 196 valence electrons. The third-order valence-corrected chi connectivity index (χ3v) is 6.42. The Morgan fingerprint density at radius 1 is 1.29 bits per heavy atom. The van der Waals surface area contributed by atoms with E-state index in [9.17, 15) is 19.1 Å². The summed E-state index contributed by atoms with van der Waals surface area (Å²) < 4.78 is 14.0. The van der Waals surface area contributed by atoms with Gasteiger partial charge >= 0.3 is 0 Å². The molecule has 12 heteroatoms. The lowest BCUT2D eigenvalue weighted by Gasteiger charge is -2.13. The molecule has 0 spiro atoms. The molecule has 11 nitrogen and oxygen atoms in total. The molecule has 0 aliphatic carbocycles. The van der Waals surface area contributed by atoms with Crippen LogP contribution in [-0.4, -0.2) is 61.3 Å². The van der Waals surface area contributed by atoms with E-state index in [2.05, 4.69) is 30.9 Å². The lowest BCUT2D eigenvalue weighted by Crippen LogP contribution is -2.37. The summed E-state index contributed by atoms with van der Waals surface area (Å²) in [6.45, 7) is 5.21. The summed E-state index contributed by atoms with van der Waals surface area (Å²) in [5.41, 5.74) is 5.33. The molecule has 2 amide bonds. The highest BCUT2D eigenvalue weighted by atomic mass is 19.1. The number of carbonyl (C=O) groups excluding carboxylic acids is 2. The van der Waals surface area contributed by atoms with Gasteiger partial charge in [0, 0.05) is 35.4 Å². The number of anilines is 1. The van der Waals surface area contributed by atoms with E-state index in [-0.39, 0.29) is 19.1 Å². The second-order valence-electron chi connectivity index (χ2n) is 8.94. The lowest BCUT2D eigenvalue weighted by molar-refractivity contribution is -0.110. The van der Waals surface area contributed by atoms with Gasteiger partial charge in [-0.05, 0) is 67.0 Å². The Bertz CT molecular complexity index is 1590. The molecule has 3 aromatic heterocycles. The Kier molecular flexibility index (Phi) is 6.64. The molecule has 0 saturated carbocycles. The minimum absolute atomic E-state index is 0.0743. The molecule has 38 heavy (non-hydrogen) atoms. The molecule has 0 radical (unpaired) electrons. The van der Waals surface area contributed by atoms with E-state index >= 15 is 0 Å².